The molecule has 0 saturated heterocycles. The Kier molecular flexibility index (Phi) is 5.64. The van der Waals surface area contributed by atoms with E-state index in [1.807, 2.05) is 35.9 Å². The van der Waals surface area contributed by atoms with E-state index in [1.54, 1.807) is 32.0 Å². The van der Waals surface area contributed by atoms with E-state index in [0.29, 0.717) is 12.5 Å². The zero-order chi connectivity index (χ0) is 23.2. The van der Waals surface area contributed by atoms with E-state index in [-0.39, 0.29) is 12.0 Å². The van der Waals surface area contributed by atoms with Gasteiger partial charge in [-0.25, -0.2) is 14.3 Å². The minimum atomic E-state index is -0.933. The average Bonchev–Trinajstić information content (AvgIpc) is 3.50. The van der Waals surface area contributed by atoms with Crippen molar-refractivity contribution in [2.75, 3.05) is 31.6 Å². The van der Waals surface area contributed by atoms with Crippen LogP contribution in [0.4, 0.5) is 11.6 Å². The van der Waals surface area contributed by atoms with Crippen LogP contribution < -0.4 is 4.90 Å². The summed E-state index contributed by atoms with van der Waals surface area (Å²) >= 11 is 1.63. The summed E-state index contributed by atoms with van der Waals surface area (Å²) in [7, 11) is 1.98. The normalized spacial score (nSPS) is 16.5. The molecule has 0 atom stereocenters. The first-order valence-electron chi connectivity index (χ1n) is 11.2. The number of anilines is 2. The van der Waals surface area contributed by atoms with Crippen molar-refractivity contribution < 1.29 is 10.2 Å². The van der Waals surface area contributed by atoms with Crippen molar-refractivity contribution in [3.63, 3.8) is 0 Å². The maximum absolute atomic E-state index is 10.3. The van der Waals surface area contributed by atoms with Gasteiger partial charge < -0.3 is 15.1 Å². The Labute approximate surface area is 198 Å². The highest BCUT2D eigenvalue weighted by Crippen LogP contribution is 2.58. The summed E-state index contributed by atoms with van der Waals surface area (Å²) in [6.07, 6.45) is 7.71. The molecule has 3 aromatic rings. The number of aromatic nitrogens is 3. The molecule has 172 valence electrons. The highest BCUT2D eigenvalue weighted by Gasteiger charge is 2.52. The highest BCUT2D eigenvalue weighted by atomic mass is 32.2. The van der Waals surface area contributed by atoms with E-state index >= 15 is 0 Å². The number of benzene rings is 1. The third kappa shape index (κ3) is 4.36. The molecular weight excluding hydrogens is 434 g/mol. The number of aliphatic hydroxyl groups is 2. The van der Waals surface area contributed by atoms with Gasteiger partial charge in [0.05, 0.1) is 17.9 Å². The van der Waals surface area contributed by atoms with Gasteiger partial charge in [-0.2, -0.15) is 0 Å². The topological polar surface area (TPSA) is 85.6 Å². The number of pyridine rings is 1. The van der Waals surface area contributed by atoms with E-state index in [9.17, 15) is 10.2 Å². The molecule has 2 N–H and O–H groups in total. The van der Waals surface area contributed by atoms with Crippen LogP contribution >= 0.6 is 11.9 Å². The zero-order valence-corrected chi connectivity index (χ0v) is 20.0. The van der Waals surface area contributed by atoms with Crippen LogP contribution in [-0.2, 0) is 11.0 Å². The Morgan fingerprint density at radius 1 is 1.12 bits per heavy atom. The molecule has 0 unspecified atom stereocenters. The maximum atomic E-state index is 10.3. The molecule has 0 bridgehead atoms. The molecule has 33 heavy (non-hydrogen) atoms. The van der Waals surface area contributed by atoms with Crippen molar-refractivity contribution >= 4 is 23.6 Å². The van der Waals surface area contributed by atoms with Gasteiger partial charge in [-0.05, 0) is 81.1 Å². The van der Waals surface area contributed by atoms with Gasteiger partial charge in [-0.3, -0.25) is 4.98 Å². The molecule has 8 heteroatoms. The predicted molar refractivity (Wildman–Crippen MR) is 130 cm³/mol. The van der Waals surface area contributed by atoms with Gasteiger partial charge in [0.1, 0.15) is 0 Å². The second-order valence-corrected chi connectivity index (χ2v) is 10.7. The monoisotopic (exact) mass is 463 g/mol. The lowest BCUT2D eigenvalue weighted by Gasteiger charge is -2.20. The van der Waals surface area contributed by atoms with E-state index < -0.39 is 5.60 Å². The largest absolute Gasteiger partial charge is 0.395 e. The van der Waals surface area contributed by atoms with Crippen molar-refractivity contribution in [3.8, 4) is 11.3 Å². The third-order valence-corrected chi connectivity index (χ3v) is 7.42. The molecule has 1 aromatic carbocycles. The van der Waals surface area contributed by atoms with E-state index in [2.05, 4.69) is 28.1 Å². The minimum absolute atomic E-state index is 0.136. The molecule has 1 aliphatic carbocycles. The summed E-state index contributed by atoms with van der Waals surface area (Å²) in [5, 5.41) is 19.5. The first kappa shape index (κ1) is 22.3. The van der Waals surface area contributed by atoms with Crippen molar-refractivity contribution in [1.82, 2.24) is 19.3 Å². The summed E-state index contributed by atoms with van der Waals surface area (Å²) in [5.41, 5.74) is 4.20. The lowest BCUT2D eigenvalue weighted by atomic mass is 9.98. The van der Waals surface area contributed by atoms with Crippen LogP contribution in [0.25, 0.3) is 11.3 Å². The molecular formula is C25H29N5O2S. The van der Waals surface area contributed by atoms with E-state index in [1.165, 1.54) is 24.1 Å². The second-order valence-electron chi connectivity index (χ2n) is 9.47. The first-order valence-corrected chi connectivity index (χ1v) is 12.0. The second kappa shape index (κ2) is 8.36. The SMILES string of the molecule is CN(CCO)Sc1ccc2c(c1)N(c1ncc(-c3cc(C(C)(C)O)ccn3)cn1)CC21CC1. The number of fused-ring (bicyclic) bond motifs is 2. The van der Waals surface area contributed by atoms with Gasteiger partial charge in [-0.1, -0.05) is 6.07 Å². The number of likely N-dealkylation sites (N-methyl/N-ethyl adjacent to an activating group) is 1. The molecule has 1 fully saturated rings. The lowest BCUT2D eigenvalue weighted by Crippen LogP contribution is -2.21. The van der Waals surface area contributed by atoms with Gasteiger partial charge in [0.15, 0.2) is 0 Å². The van der Waals surface area contributed by atoms with Gasteiger partial charge in [-0.15, -0.1) is 0 Å². The van der Waals surface area contributed by atoms with Crippen molar-refractivity contribution in [1.29, 1.82) is 0 Å². The van der Waals surface area contributed by atoms with Gasteiger partial charge in [0, 0.05) is 53.2 Å². The van der Waals surface area contributed by atoms with Crippen molar-refractivity contribution in [3.05, 3.63) is 60.0 Å². The third-order valence-electron chi connectivity index (χ3n) is 6.46. The molecule has 2 aromatic heterocycles. The Bertz CT molecular complexity index is 1160. The smallest absolute Gasteiger partial charge is 0.229 e. The summed E-state index contributed by atoms with van der Waals surface area (Å²) in [4.78, 5) is 17.2. The van der Waals surface area contributed by atoms with Crippen molar-refractivity contribution in [2.45, 2.75) is 42.6 Å². The maximum Gasteiger partial charge on any atom is 0.229 e. The summed E-state index contributed by atoms with van der Waals surface area (Å²) in [5.74, 6) is 0.688. The van der Waals surface area contributed by atoms with Crippen LogP contribution in [0.5, 0.6) is 0 Å². The quantitative estimate of drug-likeness (QED) is 0.511. The summed E-state index contributed by atoms with van der Waals surface area (Å²) < 4.78 is 2.04. The van der Waals surface area contributed by atoms with Crippen LogP contribution in [0.3, 0.4) is 0 Å². The number of nitrogens with zero attached hydrogens (tertiary/aromatic N) is 5. The molecule has 7 nitrogen and oxygen atoms in total. The van der Waals surface area contributed by atoms with Crippen LogP contribution in [-0.4, -0.2) is 56.2 Å². The minimum Gasteiger partial charge on any atom is -0.395 e. The first-order chi connectivity index (χ1) is 15.8. The fourth-order valence-corrected chi connectivity index (χ4v) is 5.22. The Hall–Kier alpha value is -2.52. The summed E-state index contributed by atoms with van der Waals surface area (Å²) in [6.45, 7) is 5.17. The Balaban J connectivity index is 1.43. The fraction of sp³-hybridized carbons (Fsp3) is 0.400. The number of hydrogen-bond donors (Lipinski definition) is 2. The lowest BCUT2D eigenvalue weighted by molar-refractivity contribution is 0.0785. The Morgan fingerprint density at radius 2 is 1.88 bits per heavy atom. The zero-order valence-electron chi connectivity index (χ0n) is 19.2. The fourth-order valence-electron chi connectivity index (χ4n) is 4.40. The van der Waals surface area contributed by atoms with Crippen molar-refractivity contribution in [2.24, 2.45) is 0 Å². The summed E-state index contributed by atoms with van der Waals surface area (Å²) in [6, 6.07) is 10.3. The standard InChI is InChI=1S/C25H29N5O2S/c1-24(2,32)18-6-9-26-21(12-18)17-14-27-23(28-15-17)30-16-25(7-8-25)20-5-4-19(13-22(20)30)33-29(3)10-11-31/h4-6,9,12-15,31-32H,7-8,10-11,16H2,1-3H3. The van der Waals surface area contributed by atoms with Crippen LogP contribution in [0.1, 0.15) is 37.8 Å². The van der Waals surface area contributed by atoms with Gasteiger partial charge >= 0.3 is 0 Å². The number of rotatable bonds is 7. The number of aliphatic hydroxyl groups excluding tert-OH is 1. The predicted octanol–water partition coefficient (Wildman–Crippen LogP) is 3.88. The Morgan fingerprint density at radius 3 is 2.55 bits per heavy atom. The molecule has 0 amide bonds. The highest BCUT2D eigenvalue weighted by molar-refractivity contribution is 7.97. The van der Waals surface area contributed by atoms with Crippen LogP contribution in [0.2, 0.25) is 0 Å². The molecule has 3 heterocycles. The average molecular weight is 464 g/mol. The van der Waals surface area contributed by atoms with Crippen LogP contribution in [0.15, 0.2) is 53.8 Å². The molecule has 1 spiro atoms. The molecule has 1 saturated carbocycles. The molecule has 1 aliphatic heterocycles. The number of hydrogen-bond acceptors (Lipinski definition) is 8. The van der Waals surface area contributed by atoms with Crippen LogP contribution in [0, 0.1) is 0 Å². The molecule has 5 rings (SSSR count). The van der Waals surface area contributed by atoms with Gasteiger partial charge in [0.25, 0.3) is 0 Å². The van der Waals surface area contributed by atoms with E-state index in [4.69, 9.17) is 9.97 Å². The molecule has 2 aliphatic rings. The van der Waals surface area contributed by atoms with Gasteiger partial charge in [0.2, 0.25) is 5.95 Å². The van der Waals surface area contributed by atoms with E-state index in [0.717, 1.165) is 28.3 Å². The molecule has 0 radical (unpaired) electrons.